The lowest BCUT2D eigenvalue weighted by atomic mass is 9.93. The quantitative estimate of drug-likeness (QED) is 0.475. The summed E-state index contributed by atoms with van der Waals surface area (Å²) in [5.74, 6) is -0.137. The van der Waals surface area contributed by atoms with E-state index in [1.54, 1.807) is 6.07 Å². The molecule has 6 nitrogen and oxygen atoms in total. The molecule has 4 aromatic rings. The second-order valence-electron chi connectivity index (χ2n) is 7.14. The first-order valence-electron chi connectivity index (χ1n) is 9.36. The van der Waals surface area contributed by atoms with Crippen LogP contribution >= 0.6 is 11.3 Å². The normalized spacial score (nSPS) is 15.8. The predicted molar refractivity (Wildman–Crippen MR) is 115 cm³/mol. The van der Waals surface area contributed by atoms with E-state index in [0.29, 0.717) is 22.9 Å². The number of nitrogens with zero attached hydrogens (tertiary/aromatic N) is 1. The molecule has 1 unspecified atom stereocenters. The van der Waals surface area contributed by atoms with Gasteiger partial charge in [-0.3, -0.25) is 14.9 Å². The standard InChI is InChI=1S/C22H18N4O2S/c1-12-10-23-21(28)19-18(12)15-9-14(7-8-16(15)24-19)20(27)26-22-25-17(11-29-22)13-5-3-2-4-6-13/h2-9,11-12,24H,10H2,1H3,(H,23,28)(H,25,26,27). The number of carbonyl (C=O) groups excluding carboxylic acids is 2. The van der Waals surface area contributed by atoms with Crippen molar-refractivity contribution in [1.29, 1.82) is 0 Å². The van der Waals surface area contributed by atoms with Gasteiger partial charge in [-0.25, -0.2) is 4.98 Å². The SMILES string of the molecule is CC1CNC(=O)c2[nH]c3ccc(C(=O)Nc4nc(-c5ccccc5)cs4)cc3c21. The van der Waals surface area contributed by atoms with E-state index >= 15 is 0 Å². The molecular formula is C22H18N4O2S. The highest BCUT2D eigenvalue weighted by molar-refractivity contribution is 7.14. The molecule has 144 valence electrons. The van der Waals surface area contributed by atoms with Gasteiger partial charge >= 0.3 is 0 Å². The number of fused-ring (bicyclic) bond motifs is 3. The van der Waals surface area contributed by atoms with Crippen molar-refractivity contribution in [3.05, 3.63) is 70.7 Å². The Kier molecular flexibility index (Phi) is 4.17. The molecule has 0 fully saturated rings. The van der Waals surface area contributed by atoms with Gasteiger partial charge in [0.05, 0.1) is 5.69 Å². The molecular weight excluding hydrogens is 384 g/mol. The lowest BCUT2D eigenvalue weighted by molar-refractivity contribution is 0.0936. The second kappa shape index (κ2) is 6.86. The topological polar surface area (TPSA) is 86.9 Å². The fraction of sp³-hybridized carbons (Fsp3) is 0.136. The Morgan fingerprint density at radius 1 is 1.21 bits per heavy atom. The number of aromatic amines is 1. The van der Waals surface area contributed by atoms with E-state index < -0.39 is 0 Å². The lowest BCUT2D eigenvalue weighted by Crippen LogP contribution is -2.33. The van der Waals surface area contributed by atoms with Crippen molar-refractivity contribution < 1.29 is 9.59 Å². The minimum absolute atomic E-state index is 0.100. The van der Waals surface area contributed by atoms with Crippen LogP contribution in [0.25, 0.3) is 22.2 Å². The van der Waals surface area contributed by atoms with Crippen LogP contribution < -0.4 is 10.6 Å². The Morgan fingerprint density at radius 3 is 2.86 bits per heavy atom. The van der Waals surface area contributed by atoms with Gasteiger partial charge in [-0.15, -0.1) is 11.3 Å². The third-order valence-electron chi connectivity index (χ3n) is 5.18. The van der Waals surface area contributed by atoms with E-state index in [0.717, 1.165) is 27.7 Å². The maximum absolute atomic E-state index is 12.8. The van der Waals surface area contributed by atoms with Crippen molar-refractivity contribution in [1.82, 2.24) is 15.3 Å². The number of carbonyl (C=O) groups is 2. The summed E-state index contributed by atoms with van der Waals surface area (Å²) in [4.78, 5) is 32.7. The van der Waals surface area contributed by atoms with Crippen molar-refractivity contribution in [2.45, 2.75) is 12.8 Å². The van der Waals surface area contributed by atoms with Gasteiger partial charge in [-0.2, -0.15) is 0 Å². The minimum Gasteiger partial charge on any atom is -0.350 e. The summed E-state index contributed by atoms with van der Waals surface area (Å²) in [6.07, 6.45) is 0. The number of benzene rings is 2. The fourth-order valence-corrected chi connectivity index (χ4v) is 4.44. The Bertz CT molecular complexity index is 1240. The molecule has 0 saturated carbocycles. The first-order chi connectivity index (χ1) is 14.1. The largest absolute Gasteiger partial charge is 0.350 e. The molecule has 5 rings (SSSR count). The average Bonchev–Trinajstić information content (AvgIpc) is 3.36. The Morgan fingerprint density at radius 2 is 2.03 bits per heavy atom. The molecule has 3 heterocycles. The van der Waals surface area contributed by atoms with E-state index in [1.807, 2.05) is 47.8 Å². The molecule has 0 radical (unpaired) electrons. The molecule has 2 aromatic heterocycles. The molecule has 3 N–H and O–H groups in total. The zero-order valence-electron chi connectivity index (χ0n) is 15.7. The smallest absolute Gasteiger partial charge is 0.268 e. The summed E-state index contributed by atoms with van der Waals surface area (Å²) >= 11 is 1.39. The number of aromatic nitrogens is 2. The summed E-state index contributed by atoms with van der Waals surface area (Å²) in [5, 5.41) is 9.16. The Labute approximate surface area is 171 Å². The van der Waals surface area contributed by atoms with Crippen molar-refractivity contribution in [3.63, 3.8) is 0 Å². The van der Waals surface area contributed by atoms with Crippen LogP contribution in [-0.4, -0.2) is 28.3 Å². The van der Waals surface area contributed by atoms with E-state index in [4.69, 9.17) is 0 Å². The van der Waals surface area contributed by atoms with Crippen LogP contribution in [0.15, 0.2) is 53.9 Å². The van der Waals surface area contributed by atoms with Crippen LogP contribution in [0.4, 0.5) is 5.13 Å². The predicted octanol–water partition coefficient (Wildman–Crippen LogP) is 4.39. The molecule has 2 amide bonds. The molecule has 0 saturated heterocycles. The van der Waals surface area contributed by atoms with Gasteiger partial charge in [0.15, 0.2) is 5.13 Å². The van der Waals surface area contributed by atoms with Crippen LogP contribution in [0.5, 0.6) is 0 Å². The van der Waals surface area contributed by atoms with Crippen LogP contribution in [-0.2, 0) is 0 Å². The summed E-state index contributed by atoms with van der Waals surface area (Å²) < 4.78 is 0. The number of anilines is 1. The van der Waals surface area contributed by atoms with Crippen molar-refractivity contribution in [2.24, 2.45) is 0 Å². The first-order valence-corrected chi connectivity index (χ1v) is 10.2. The van der Waals surface area contributed by atoms with Gasteiger partial charge in [0.25, 0.3) is 11.8 Å². The van der Waals surface area contributed by atoms with Gasteiger partial charge in [0.1, 0.15) is 5.69 Å². The monoisotopic (exact) mass is 402 g/mol. The van der Waals surface area contributed by atoms with E-state index in [1.165, 1.54) is 11.3 Å². The fourth-order valence-electron chi connectivity index (χ4n) is 3.72. The highest BCUT2D eigenvalue weighted by Crippen LogP contribution is 2.32. The number of hydrogen-bond acceptors (Lipinski definition) is 4. The zero-order valence-corrected chi connectivity index (χ0v) is 16.5. The summed E-state index contributed by atoms with van der Waals surface area (Å²) in [7, 11) is 0. The van der Waals surface area contributed by atoms with Gasteiger partial charge in [0, 0.05) is 39.9 Å². The maximum atomic E-state index is 12.8. The van der Waals surface area contributed by atoms with Crippen LogP contribution in [0, 0.1) is 0 Å². The Balaban J connectivity index is 1.44. The van der Waals surface area contributed by atoms with Crippen molar-refractivity contribution in [3.8, 4) is 11.3 Å². The van der Waals surface area contributed by atoms with Gasteiger partial charge in [-0.1, -0.05) is 37.3 Å². The molecule has 29 heavy (non-hydrogen) atoms. The van der Waals surface area contributed by atoms with Crippen molar-refractivity contribution >= 4 is 39.2 Å². The third-order valence-corrected chi connectivity index (χ3v) is 5.94. The van der Waals surface area contributed by atoms with Crippen LogP contribution in [0.1, 0.15) is 39.3 Å². The number of nitrogens with one attached hydrogen (secondary N) is 3. The van der Waals surface area contributed by atoms with Gasteiger partial charge in [0.2, 0.25) is 0 Å². The molecule has 1 aliphatic heterocycles. The number of hydrogen-bond donors (Lipinski definition) is 3. The third kappa shape index (κ3) is 3.09. The minimum atomic E-state index is -0.219. The second-order valence-corrected chi connectivity index (χ2v) is 8.00. The van der Waals surface area contributed by atoms with Crippen molar-refractivity contribution in [2.75, 3.05) is 11.9 Å². The first kappa shape index (κ1) is 17.6. The lowest BCUT2D eigenvalue weighted by Gasteiger charge is -2.19. The summed E-state index contributed by atoms with van der Waals surface area (Å²) in [6.45, 7) is 2.66. The van der Waals surface area contributed by atoms with E-state index in [-0.39, 0.29) is 17.7 Å². The maximum Gasteiger partial charge on any atom is 0.268 e. The van der Waals surface area contributed by atoms with E-state index in [9.17, 15) is 9.59 Å². The highest BCUT2D eigenvalue weighted by atomic mass is 32.1. The molecule has 2 aromatic carbocycles. The number of thiazole rings is 1. The number of H-pyrrole nitrogens is 1. The summed E-state index contributed by atoms with van der Waals surface area (Å²) in [5.41, 5.74) is 4.80. The van der Waals surface area contributed by atoms with E-state index in [2.05, 4.69) is 27.5 Å². The molecule has 7 heteroatoms. The zero-order chi connectivity index (χ0) is 20.0. The Hall–Kier alpha value is -3.45. The molecule has 0 spiro atoms. The highest BCUT2D eigenvalue weighted by Gasteiger charge is 2.27. The molecule has 0 bridgehead atoms. The molecule has 0 aliphatic carbocycles. The molecule has 1 aliphatic rings. The van der Waals surface area contributed by atoms with Crippen LogP contribution in [0.3, 0.4) is 0 Å². The summed E-state index contributed by atoms with van der Waals surface area (Å²) in [6, 6.07) is 15.3. The van der Waals surface area contributed by atoms with Gasteiger partial charge in [-0.05, 0) is 23.8 Å². The number of amides is 2. The van der Waals surface area contributed by atoms with Crippen LogP contribution in [0.2, 0.25) is 0 Å². The van der Waals surface area contributed by atoms with Gasteiger partial charge < -0.3 is 10.3 Å². The number of rotatable bonds is 3. The molecule has 1 atom stereocenters. The average molecular weight is 402 g/mol.